The van der Waals surface area contributed by atoms with Crippen LogP contribution in [0.5, 0.6) is 0 Å². The molecule has 0 bridgehead atoms. The Labute approximate surface area is 119 Å². The lowest BCUT2D eigenvalue weighted by molar-refractivity contribution is -0.139. The lowest BCUT2D eigenvalue weighted by atomic mass is 10.2. The summed E-state index contributed by atoms with van der Waals surface area (Å²) in [6, 6.07) is -0.672. The number of thioether (sulfide) groups is 1. The van der Waals surface area contributed by atoms with E-state index < -0.39 is 12.0 Å². The number of aliphatic carboxylic acids is 1. The Balaban J connectivity index is 2.49. The van der Waals surface area contributed by atoms with Gasteiger partial charge in [0.1, 0.15) is 6.04 Å². The Morgan fingerprint density at radius 3 is 2.63 bits per heavy atom. The number of carboxylic acid groups (broad SMARTS) is 1. The van der Waals surface area contributed by atoms with Gasteiger partial charge < -0.3 is 15.3 Å². The zero-order chi connectivity index (χ0) is 14.3. The van der Waals surface area contributed by atoms with E-state index in [-0.39, 0.29) is 6.03 Å². The number of nitrogens with one attached hydrogen (secondary N) is 1. The second kappa shape index (κ2) is 8.30. The summed E-state index contributed by atoms with van der Waals surface area (Å²) in [6.45, 7) is 2.81. The SMILES string of the molecule is CCCCN(C(=O)N[C@@H](CCSC)C(=O)O)C1CC1. The van der Waals surface area contributed by atoms with Crippen molar-refractivity contribution in [2.45, 2.75) is 51.1 Å². The third kappa shape index (κ3) is 5.72. The highest BCUT2D eigenvalue weighted by molar-refractivity contribution is 7.98. The van der Waals surface area contributed by atoms with Crippen molar-refractivity contribution in [2.75, 3.05) is 18.6 Å². The number of carboxylic acids is 1. The Morgan fingerprint density at radius 1 is 1.47 bits per heavy atom. The van der Waals surface area contributed by atoms with Crippen molar-refractivity contribution in [3.05, 3.63) is 0 Å². The van der Waals surface area contributed by atoms with Crippen molar-refractivity contribution >= 4 is 23.8 Å². The number of hydrogen-bond donors (Lipinski definition) is 2. The minimum absolute atomic E-state index is 0.218. The van der Waals surface area contributed by atoms with E-state index in [2.05, 4.69) is 12.2 Å². The molecule has 0 aromatic carbocycles. The monoisotopic (exact) mass is 288 g/mol. The van der Waals surface area contributed by atoms with Crippen LogP contribution in [0.4, 0.5) is 4.79 Å². The van der Waals surface area contributed by atoms with Crippen LogP contribution in [0.2, 0.25) is 0 Å². The van der Waals surface area contributed by atoms with Crippen molar-refractivity contribution < 1.29 is 14.7 Å². The van der Waals surface area contributed by atoms with E-state index in [9.17, 15) is 9.59 Å². The maximum absolute atomic E-state index is 12.2. The van der Waals surface area contributed by atoms with Gasteiger partial charge in [0.25, 0.3) is 0 Å². The third-order valence-electron chi connectivity index (χ3n) is 3.21. The first-order valence-electron chi connectivity index (χ1n) is 6.89. The molecule has 1 saturated carbocycles. The van der Waals surface area contributed by atoms with Crippen molar-refractivity contribution in [3.63, 3.8) is 0 Å². The molecule has 6 heteroatoms. The quantitative estimate of drug-likeness (QED) is 0.682. The van der Waals surface area contributed by atoms with Crippen molar-refractivity contribution in [1.82, 2.24) is 10.2 Å². The van der Waals surface area contributed by atoms with Crippen LogP contribution in [-0.4, -0.2) is 52.6 Å². The van der Waals surface area contributed by atoms with Gasteiger partial charge in [0.15, 0.2) is 0 Å². The molecule has 1 rings (SSSR count). The van der Waals surface area contributed by atoms with Gasteiger partial charge in [-0.2, -0.15) is 11.8 Å². The Kier molecular flexibility index (Phi) is 7.05. The van der Waals surface area contributed by atoms with Crippen molar-refractivity contribution in [1.29, 1.82) is 0 Å². The Hall–Kier alpha value is -0.910. The molecule has 19 heavy (non-hydrogen) atoms. The summed E-state index contributed by atoms with van der Waals surface area (Å²) in [6.07, 6.45) is 6.48. The van der Waals surface area contributed by atoms with Crippen molar-refractivity contribution in [2.24, 2.45) is 0 Å². The van der Waals surface area contributed by atoms with Gasteiger partial charge >= 0.3 is 12.0 Å². The number of carbonyl (C=O) groups is 2. The van der Waals surface area contributed by atoms with Gasteiger partial charge in [-0.25, -0.2) is 9.59 Å². The van der Waals surface area contributed by atoms with Crippen LogP contribution in [0.25, 0.3) is 0 Å². The fraction of sp³-hybridized carbons (Fsp3) is 0.846. The molecular formula is C13H24N2O3S. The molecule has 110 valence electrons. The van der Waals surface area contributed by atoms with Crippen LogP contribution in [0.3, 0.4) is 0 Å². The van der Waals surface area contributed by atoms with Crippen LogP contribution in [0.1, 0.15) is 39.0 Å². The fourth-order valence-electron chi connectivity index (χ4n) is 1.89. The molecular weight excluding hydrogens is 264 g/mol. The van der Waals surface area contributed by atoms with Gasteiger partial charge in [-0.3, -0.25) is 0 Å². The number of urea groups is 1. The summed E-state index contributed by atoms with van der Waals surface area (Å²) in [7, 11) is 0. The smallest absolute Gasteiger partial charge is 0.326 e. The minimum Gasteiger partial charge on any atom is -0.480 e. The number of nitrogens with zero attached hydrogens (tertiary/aromatic N) is 1. The first-order chi connectivity index (χ1) is 9.10. The van der Waals surface area contributed by atoms with E-state index in [0.717, 1.165) is 38.0 Å². The molecule has 1 fully saturated rings. The molecule has 0 spiro atoms. The summed E-state index contributed by atoms with van der Waals surface area (Å²) >= 11 is 1.59. The van der Waals surface area contributed by atoms with Crippen LogP contribution in [0, 0.1) is 0 Å². The van der Waals surface area contributed by atoms with E-state index >= 15 is 0 Å². The van der Waals surface area contributed by atoms with E-state index in [1.807, 2.05) is 6.26 Å². The molecule has 0 aromatic heterocycles. The number of unbranched alkanes of at least 4 members (excludes halogenated alkanes) is 1. The number of hydrogen-bond acceptors (Lipinski definition) is 3. The molecule has 1 atom stereocenters. The summed E-state index contributed by atoms with van der Waals surface area (Å²) in [5.41, 5.74) is 0. The summed E-state index contributed by atoms with van der Waals surface area (Å²) in [5, 5.41) is 11.8. The predicted octanol–water partition coefficient (Wildman–Crippen LogP) is 2.17. The lowest BCUT2D eigenvalue weighted by Gasteiger charge is -2.25. The molecule has 0 radical (unpaired) electrons. The topological polar surface area (TPSA) is 69.6 Å². The van der Waals surface area contributed by atoms with Gasteiger partial charge in [-0.1, -0.05) is 13.3 Å². The second-order valence-electron chi connectivity index (χ2n) is 4.90. The highest BCUT2D eigenvalue weighted by atomic mass is 32.2. The Bertz CT molecular complexity index is 308. The van der Waals surface area contributed by atoms with Crippen molar-refractivity contribution in [3.8, 4) is 0 Å². The fourth-order valence-corrected chi connectivity index (χ4v) is 2.36. The molecule has 2 amide bonds. The lowest BCUT2D eigenvalue weighted by Crippen LogP contribution is -2.49. The normalized spacial score (nSPS) is 15.9. The van der Waals surface area contributed by atoms with E-state index in [1.165, 1.54) is 0 Å². The van der Waals surface area contributed by atoms with Gasteiger partial charge in [-0.15, -0.1) is 0 Å². The molecule has 0 aliphatic heterocycles. The molecule has 0 unspecified atom stereocenters. The number of amides is 2. The molecule has 2 N–H and O–H groups in total. The average molecular weight is 288 g/mol. The summed E-state index contributed by atoms with van der Waals surface area (Å²) in [5.74, 6) is -0.219. The van der Waals surface area contributed by atoms with Gasteiger partial charge in [-0.05, 0) is 37.7 Å². The Morgan fingerprint density at radius 2 is 2.16 bits per heavy atom. The molecule has 0 heterocycles. The number of carbonyl (C=O) groups excluding carboxylic acids is 1. The van der Waals surface area contributed by atoms with E-state index in [1.54, 1.807) is 16.7 Å². The zero-order valence-corrected chi connectivity index (χ0v) is 12.5. The number of rotatable bonds is 9. The van der Waals surface area contributed by atoms with Crippen LogP contribution in [-0.2, 0) is 4.79 Å². The maximum atomic E-state index is 12.2. The van der Waals surface area contributed by atoms with Crippen LogP contribution in [0.15, 0.2) is 0 Å². The minimum atomic E-state index is -0.950. The largest absolute Gasteiger partial charge is 0.480 e. The van der Waals surface area contributed by atoms with E-state index in [0.29, 0.717) is 12.5 Å². The standard InChI is InChI=1S/C13H24N2O3S/c1-3-4-8-15(10-5-6-10)13(18)14-11(12(16)17)7-9-19-2/h10-11H,3-9H2,1-2H3,(H,14,18)(H,16,17)/t11-/m0/s1. The predicted molar refractivity (Wildman–Crippen MR) is 77.6 cm³/mol. The van der Waals surface area contributed by atoms with E-state index in [4.69, 9.17) is 5.11 Å². The first kappa shape index (κ1) is 16.1. The third-order valence-corrected chi connectivity index (χ3v) is 3.85. The van der Waals surface area contributed by atoms with Crippen LogP contribution >= 0.6 is 11.8 Å². The average Bonchev–Trinajstić information content (AvgIpc) is 3.19. The molecule has 0 aromatic rings. The molecule has 1 aliphatic rings. The summed E-state index contributed by atoms with van der Waals surface area (Å²) in [4.78, 5) is 25.1. The highest BCUT2D eigenvalue weighted by Gasteiger charge is 2.33. The second-order valence-corrected chi connectivity index (χ2v) is 5.89. The first-order valence-corrected chi connectivity index (χ1v) is 8.28. The highest BCUT2D eigenvalue weighted by Crippen LogP contribution is 2.27. The van der Waals surface area contributed by atoms with Gasteiger partial charge in [0.05, 0.1) is 0 Å². The zero-order valence-electron chi connectivity index (χ0n) is 11.7. The van der Waals surface area contributed by atoms with Gasteiger partial charge in [0, 0.05) is 12.6 Å². The maximum Gasteiger partial charge on any atom is 0.326 e. The van der Waals surface area contributed by atoms with Gasteiger partial charge in [0.2, 0.25) is 0 Å². The molecule has 1 aliphatic carbocycles. The molecule has 0 saturated heterocycles. The molecule has 5 nitrogen and oxygen atoms in total. The van der Waals surface area contributed by atoms with Crippen LogP contribution < -0.4 is 5.32 Å². The summed E-state index contributed by atoms with van der Waals surface area (Å²) < 4.78 is 0.